The van der Waals surface area contributed by atoms with Gasteiger partial charge in [-0.3, -0.25) is 4.90 Å². The number of hydrogen-bond donors (Lipinski definition) is 0. The van der Waals surface area contributed by atoms with E-state index in [4.69, 9.17) is 4.74 Å². The lowest BCUT2D eigenvalue weighted by Crippen LogP contribution is -2.36. The maximum absolute atomic E-state index is 15.0. The lowest BCUT2D eigenvalue weighted by atomic mass is 10.1. The predicted molar refractivity (Wildman–Crippen MR) is 114 cm³/mol. The molecule has 1 atom stereocenters. The first-order chi connectivity index (χ1) is 14.7. The van der Waals surface area contributed by atoms with Crippen LogP contribution in [0.1, 0.15) is 24.5 Å². The monoisotopic (exact) mass is 464 g/mol. The second kappa shape index (κ2) is 8.29. The number of nitrogens with zero attached hydrogens (tertiary/aromatic N) is 2. The van der Waals surface area contributed by atoms with Crippen LogP contribution in [0.15, 0.2) is 57.2 Å². The molecule has 1 aliphatic heterocycles. The van der Waals surface area contributed by atoms with E-state index in [1.54, 1.807) is 0 Å². The summed E-state index contributed by atoms with van der Waals surface area (Å²) in [7, 11) is -4.39. The van der Waals surface area contributed by atoms with Gasteiger partial charge in [0, 0.05) is 49.3 Å². The van der Waals surface area contributed by atoms with E-state index in [0.717, 1.165) is 30.5 Å². The third-order valence-electron chi connectivity index (χ3n) is 5.40. The molecule has 1 aliphatic rings. The Hall–Kier alpha value is -2.36. The topological polar surface area (TPSA) is 59.5 Å². The highest BCUT2D eigenvalue weighted by Gasteiger charge is 2.38. The molecule has 0 amide bonds. The molecule has 1 aromatic heterocycles. The summed E-state index contributed by atoms with van der Waals surface area (Å²) in [6.07, 6.45) is 1.96. The lowest BCUT2D eigenvalue weighted by molar-refractivity contribution is 0.0930. The first-order valence-electron chi connectivity index (χ1n) is 9.78. The maximum Gasteiger partial charge on any atom is 0.239 e. The third kappa shape index (κ3) is 4.35. The van der Waals surface area contributed by atoms with Gasteiger partial charge in [-0.2, -0.15) is 0 Å². The van der Waals surface area contributed by atoms with Crippen LogP contribution in [-0.2, 0) is 16.4 Å². The molecule has 0 saturated carbocycles. The zero-order chi connectivity index (χ0) is 22.2. The SMILES string of the molecule is Cc1c(O[C@@]2(C)CCN(Cc3ccccc3)C2)cc(F)c(S(=O)(=O)c2nccs2)c1F. The molecule has 31 heavy (non-hydrogen) atoms. The van der Waals surface area contributed by atoms with Gasteiger partial charge in [0.25, 0.3) is 0 Å². The molecule has 0 bridgehead atoms. The first kappa shape index (κ1) is 21.9. The van der Waals surface area contributed by atoms with Crippen molar-refractivity contribution in [2.45, 2.75) is 41.6 Å². The summed E-state index contributed by atoms with van der Waals surface area (Å²) in [6, 6.07) is 11.0. The van der Waals surface area contributed by atoms with Gasteiger partial charge in [-0.1, -0.05) is 30.3 Å². The molecule has 0 radical (unpaired) electrons. The van der Waals surface area contributed by atoms with Crippen LogP contribution in [0.3, 0.4) is 0 Å². The quantitative estimate of drug-likeness (QED) is 0.533. The van der Waals surface area contributed by atoms with E-state index in [-0.39, 0.29) is 15.7 Å². The summed E-state index contributed by atoms with van der Waals surface area (Å²) in [5.41, 5.74) is 0.490. The van der Waals surface area contributed by atoms with Crippen molar-refractivity contribution in [2.75, 3.05) is 13.1 Å². The third-order valence-corrected chi connectivity index (χ3v) is 8.39. The van der Waals surface area contributed by atoms with Crippen LogP contribution in [0.25, 0.3) is 0 Å². The standard InChI is InChI=1S/C22H22F2N2O3S2/c1-15-18(12-17(23)20(19(15)24)31(27,28)21-25-9-11-30-21)29-22(2)8-10-26(14-22)13-16-6-4-3-5-7-16/h3-7,9,11-12H,8,10,13-14H2,1-2H3/t22-/m0/s1. The van der Waals surface area contributed by atoms with Gasteiger partial charge in [-0.05, 0) is 19.4 Å². The summed E-state index contributed by atoms with van der Waals surface area (Å²) < 4.78 is 60.8. The second-order valence-corrected chi connectivity index (χ2v) is 10.9. The van der Waals surface area contributed by atoms with Gasteiger partial charge >= 0.3 is 0 Å². The van der Waals surface area contributed by atoms with Crippen molar-refractivity contribution >= 4 is 21.2 Å². The molecule has 0 aliphatic carbocycles. The zero-order valence-corrected chi connectivity index (χ0v) is 18.8. The minimum Gasteiger partial charge on any atom is -0.486 e. The van der Waals surface area contributed by atoms with Crippen LogP contribution in [0, 0.1) is 18.6 Å². The number of hydrogen-bond acceptors (Lipinski definition) is 6. The van der Waals surface area contributed by atoms with E-state index in [9.17, 15) is 12.8 Å². The summed E-state index contributed by atoms with van der Waals surface area (Å²) >= 11 is 0.809. The number of aromatic nitrogens is 1. The fraction of sp³-hybridized carbons (Fsp3) is 0.318. The van der Waals surface area contributed by atoms with Crippen molar-refractivity contribution in [1.82, 2.24) is 9.88 Å². The van der Waals surface area contributed by atoms with E-state index in [2.05, 4.69) is 9.88 Å². The number of benzene rings is 2. The van der Waals surface area contributed by atoms with Crippen molar-refractivity contribution in [3.05, 3.63) is 70.7 Å². The van der Waals surface area contributed by atoms with Crippen molar-refractivity contribution in [2.24, 2.45) is 0 Å². The van der Waals surface area contributed by atoms with Crippen LogP contribution in [0.5, 0.6) is 5.75 Å². The Morgan fingerprint density at radius 2 is 2.00 bits per heavy atom. The van der Waals surface area contributed by atoms with Crippen LogP contribution in [0.2, 0.25) is 0 Å². The molecule has 5 nitrogen and oxygen atoms in total. The fourth-order valence-corrected chi connectivity index (χ4v) is 6.17. The van der Waals surface area contributed by atoms with Gasteiger partial charge in [0.1, 0.15) is 22.1 Å². The highest BCUT2D eigenvalue weighted by molar-refractivity contribution is 7.93. The second-order valence-electron chi connectivity index (χ2n) is 7.92. The van der Waals surface area contributed by atoms with E-state index in [0.29, 0.717) is 13.0 Å². The van der Waals surface area contributed by atoms with Gasteiger partial charge in [-0.25, -0.2) is 22.2 Å². The Labute approximate surface area is 184 Å². The smallest absolute Gasteiger partial charge is 0.239 e. The zero-order valence-electron chi connectivity index (χ0n) is 17.1. The van der Waals surface area contributed by atoms with E-state index >= 15 is 4.39 Å². The van der Waals surface area contributed by atoms with E-state index in [1.807, 2.05) is 37.3 Å². The Bertz CT molecular complexity index is 1190. The Morgan fingerprint density at radius 3 is 2.68 bits per heavy atom. The largest absolute Gasteiger partial charge is 0.486 e. The van der Waals surface area contributed by atoms with Crippen molar-refractivity contribution in [3.8, 4) is 5.75 Å². The molecule has 3 aromatic rings. The van der Waals surface area contributed by atoms with Crippen LogP contribution in [0.4, 0.5) is 8.78 Å². The van der Waals surface area contributed by atoms with Crippen molar-refractivity contribution < 1.29 is 21.9 Å². The highest BCUT2D eigenvalue weighted by Crippen LogP contribution is 2.36. The van der Waals surface area contributed by atoms with E-state index in [1.165, 1.54) is 24.1 Å². The lowest BCUT2D eigenvalue weighted by Gasteiger charge is -2.28. The Kier molecular flexibility index (Phi) is 5.85. The molecule has 164 valence electrons. The molecular weight excluding hydrogens is 442 g/mol. The first-order valence-corrected chi connectivity index (χ1v) is 12.1. The number of thiazole rings is 1. The molecule has 4 rings (SSSR count). The highest BCUT2D eigenvalue weighted by atomic mass is 32.2. The van der Waals surface area contributed by atoms with Gasteiger partial charge in [0.2, 0.25) is 14.2 Å². The minimum atomic E-state index is -4.39. The molecule has 9 heteroatoms. The molecule has 0 unspecified atom stereocenters. The molecule has 1 fully saturated rings. The average molecular weight is 465 g/mol. The number of likely N-dealkylation sites (tertiary alicyclic amines) is 1. The fourth-order valence-electron chi connectivity index (χ4n) is 3.81. The normalized spacial score (nSPS) is 19.6. The Morgan fingerprint density at radius 1 is 1.26 bits per heavy atom. The summed E-state index contributed by atoms with van der Waals surface area (Å²) in [6.45, 7) is 5.42. The number of sulfone groups is 1. The molecule has 2 aromatic carbocycles. The minimum absolute atomic E-state index is 0.0112. The molecule has 2 heterocycles. The number of halogens is 2. The summed E-state index contributed by atoms with van der Waals surface area (Å²) in [5.74, 6) is -2.32. The van der Waals surface area contributed by atoms with Crippen LogP contribution in [-0.4, -0.2) is 37.0 Å². The van der Waals surface area contributed by atoms with Gasteiger partial charge < -0.3 is 4.74 Å². The van der Waals surface area contributed by atoms with Crippen molar-refractivity contribution in [3.63, 3.8) is 0 Å². The number of rotatable bonds is 6. The maximum atomic E-state index is 15.0. The predicted octanol–water partition coefficient (Wildman–Crippen LogP) is 4.61. The van der Waals surface area contributed by atoms with Gasteiger partial charge in [0.05, 0.1) is 0 Å². The van der Waals surface area contributed by atoms with Gasteiger partial charge in [-0.15, -0.1) is 11.3 Å². The van der Waals surface area contributed by atoms with Crippen molar-refractivity contribution in [1.29, 1.82) is 0 Å². The van der Waals surface area contributed by atoms with Crippen LogP contribution >= 0.6 is 11.3 Å². The van der Waals surface area contributed by atoms with Crippen LogP contribution < -0.4 is 4.74 Å². The van der Waals surface area contributed by atoms with Gasteiger partial charge in [0.15, 0.2) is 5.82 Å². The Balaban J connectivity index is 1.57. The molecule has 0 spiro atoms. The molecule has 1 saturated heterocycles. The average Bonchev–Trinajstić information content (AvgIpc) is 3.37. The van der Waals surface area contributed by atoms with E-state index < -0.39 is 32.0 Å². The summed E-state index contributed by atoms with van der Waals surface area (Å²) in [4.78, 5) is 4.93. The molecule has 0 N–H and O–H groups in total. The number of ether oxygens (including phenoxy) is 1. The molecular formula is C22H22F2N2O3S2. The summed E-state index contributed by atoms with van der Waals surface area (Å²) in [5, 5.41) is 1.44.